The van der Waals surface area contributed by atoms with Gasteiger partial charge >= 0.3 is 0 Å². The Kier molecular flexibility index (Phi) is 8.25. The van der Waals surface area contributed by atoms with Crippen molar-refractivity contribution in [3.8, 4) is 0 Å². The minimum Gasteiger partial charge on any atom is -0.381 e. The third kappa shape index (κ3) is 5.52. The lowest BCUT2D eigenvalue weighted by Gasteiger charge is -2.22. The lowest BCUT2D eigenvalue weighted by Crippen LogP contribution is -2.36. The van der Waals surface area contributed by atoms with Crippen LogP contribution in [0.3, 0.4) is 0 Å². The van der Waals surface area contributed by atoms with Crippen molar-refractivity contribution in [1.29, 1.82) is 0 Å². The molecule has 3 rings (SSSR count). The van der Waals surface area contributed by atoms with Crippen LogP contribution in [-0.2, 0) is 21.2 Å². The van der Waals surface area contributed by atoms with E-state index in [-0.39, 0.29) is 36.4 Å². The van der Waals surface area contributed by atoms with E-state index in [0.29, 0.717) is 26.2 Å². The van der Waals surface area contributed by atoms with Gasteiger partial charge in [0.15, 0.2) is 0 Å². The third-order valence-electron chi connectivity index (χ3n) is 4.65. The van der Waals surface area contributed by atoms with E-state index in [4.69, 9.17) is 10.5 Å². The van der Waals surface area contributed by atoms with Gasteiger partial charge < -0.3 is 10.5 Å². The lowest BCUT2D eigenvalue weighted by atomic mass is 10.1. The standard InChI is InChI=1S/C18H26N4O3S.ClH/c19-9-11-21(10-6-16-4-2-1-3-5-16)26(23,24)18-14-20-22(15-18)17-7-12-25-13-8-17;/h1-5,14-15,17H,6-13,19H2;1H. The van der Waals surface area contributed by atoms with Gasteiger partial charge in [0, 0.05) is 39.0 Å². The maximum Gasteiger partial charge on any atom is 0.246 e. The van der Waals surface area contributed by atoms with E-state index < -0.39 is 10.0 Å². The highest BCUT2D eigenvalue weighted by Crippen LogP contribution is 2.23. The van der Waals surface area contributed by atoms with Crippen LogP contribution < -0.4 is 5.73 Å². The van der Waals surface area contributed by atoms with Crippen LogP contribution in [0.2, 0.25) is 0 Å². The Hall–Kier alpha value is -1.45. The molecular formula is C18H27ClN4O3S. The van der Waals surface area contributed by atoms with E-state index in [9.17, 15) is 8.42 Å². The molecule has 1 fully saturated rings. The largest absolute Gasteiger partial charge is 0.381 e. The summed E-state index contributed by atoms with van der Waals surface area (Å²) >= 11 is 0. The van der Waals surface area contributed by atoms with Crippen molar-refractivity contribution in [3.05, 3.63) is 48.3 Å². The molecule has 9 heteroatoms. The summed E-state index contributed by atoms with van der Waals surface area (Å²) in [7, 11) is -3.61. The molecule has 7 nitrogen and oxygen atoms in total. The number of nitrogens with two attached hydrogens (primary N) is 1. The molecular weight excluding hydrogens is 388 g/mol. The van der Waals surface area contributed by atoms with Gasteiger partial charge in [-0.3, -0.25) is 4.68 Å². The Morgan fingerprint density at radius 3 is 2.56 bits per heavy atom. The van der Waals surface area contributed by atoms with Gasteiger partial charge in [0.1, 0.15) is 4.90 Å². The van der Waals surface area contributed by atoms with Crippen LogP contribution in [0, 0.1) is 0 Å². The molecule has 2 aromatic rings. The van der Waals surface area contributed by atoms with E-state index in [1.807, 2.05) is 30.3 Å². The number of hydrogen-bond acceptors (Lipinski definition) is 5. The Morgan fingerprint density at radius 2 is 1.89 bits per heavy atom. The fraction of sp³-hybridized carbons (Fsp3) is 0.500. The molecule has 0 atom stereocenters. The molecule has 0 amide bonds. The molecule has 150 valence electrons. The number of sulfonamides is 1. The molecule has 0 radical (unpaired) electrons. The molecule has 1 aliphatic heterocycles. The molecule has 27 heavy (non-hydrogen) atoms. The number of benzene rings is 1. The van der Waals surface area contributed by atoms with Gasteiger partial charge in [-0.25, -0.2) is 8.42 Å². The third-order valence-corrected chi connectivity index (χ3v) is 6.50. The van der Waals surface area contributed by atoms with E-state index in [1.165, 1.54) is 10.5 Å². The summed E-state index contributed by atoms with van der Waals surface area (Å²) in [5.74, 6) is 0. The summed E-state index contributed by atoms with van der Waals surface area (Å²) in [5.41, 5.74) is 6.75. The smallest absolute Gasteiger partial charge is 0.246 e. The van der Waals surface area contributed by atoms with Gasteiger partial charge in [-0.05, 0) is 24.8 Å². The van der Waals surface area contributed by atoms with Crippen molar-refractivity contribution in [2.24, 2.45) is 5.73 Å². The molecule has 1 aromatic carbocycles. The highest BCUT2D eigenvalue weighted by molar-refractivity contribution is 7.89. The van der Waals surface area contributed by atoms with Gasteiger partial charge in [0.25, 0.3) is 0 Å². The highest BCUT2D eigenvalue weighted by atomic mass is 35.5. The number of halogens is 1. The van der Waals surface area contributed by atoms with Crippen LogP contribution in [0.25, 0.3) is 0 Å². The van der Waals surface area contributed by atoms with Crippen molar-refractivity contribution in [1.82, 2.24) is 14.1 Å². The zero-order valence-electron chi connectivity index (χ0n) is 15.2. The minimum atomic E-state index is -3.61. The highest BCUT2D eigenvalue weighted by Gasteiger charge is 2.26. The first-order valence-electron chi connectivity index (χ1n) is 8.97. The van der Waals surface area contributed by atoms with E-state index in [0.717, 1.165) is 18.4 Å². The number of ether oxygens (including phenoxy) is 1. The van der Waals surface area contributed by atoms with Crippen LogP contribution in [0.5, 0.6) is 0 Å². The fourth-order valence-corrected chi connectivity index (χ4v) is 4.54. The Balaban J connectivity index is 0.00000261. The van der Waals surface area contributed by atoms with Crippen LogP contribution in [0.15, 0.2) is 47.6 Å². The summed E-state index contributed by atoms with van der Waals surface area (Å²) in [6.45, 7) is 2.33. The first-order valence-corrected chi connectivity index (χ1v) is 10.4. The number of hydrogen-bond donors (Lipinski definition) is 1. The predicted octanol–water partition coefficient (Wildman–Crippen LogP) is 1.85. The first-order chi connectivity index (χ1) is 12.6. The first kappa shape index (κ1) is 21.8. The second kappa shape index (κ2) is 10.2. The Bertz CT molecular complexity index is 792. The van der Waals surface area contributed by atoms with Gasteiger partial charge in [0.05, 0.1) is 12.2 Å². The van der Waals surface area contributed by atoms with Crippen LogP contribution in [0.1, 0.15) is 24.4 Å². The van der Waals surface area contributed by atoms with Crippen LogP contribution in [-0.4, -0.2) is 55.4 Å². The number of nitrogens with zero attached hydrogens (tertiary/aromatic N) is 3. The molecule has 0 aliphatic carbocycles. The zero-order chi connectivity index (χ0) is 18.4. The van der Waals surface area contributed by atoms with Gasteiger partial charge in [-0.15, -0.1) is 12.4 Å². The summed E-state index contributed by atoms with van der Waals surface area (Å²) < 4.78 is 34.6. The minimum absolute atomic E-state index is 0. The summed E-state index contributed by atoms with van der Waals surface area (Å²) in [5, 5.41) is 4.29. The Morgan fingerprint density at radius 1 is 1.19 bits per heavy atom. The molecule has 1 saturated heterocycles. The predicted molar refractivity (Wildman–Crippen MR) is 107 cm³/mol. The van der Waals surface area contributed by atoms with Crippen LogP contribution in [0.4, 0.5) is 0 Å². The molecule has 1 aliphatic rings. The molecule has 0 unspecified atom stereocenters. The van der Waals surface area contributed by atoms with Gasteiger partial charge in [-0.2, -0.15) is 9.40 Å². The molecule has 0 saturated carbocycles. The van der Waals surface area contributed by atoms with Gasteiger partial charge in [-0.1, -0.05) is 30.3 Å². The quantitative estimate of drug-likeness (QED) is 0.711. The van der Waals surface area contributed by atoms with E-state index in [2.05, 4.69) is 5.10 Å². The molecule has 1 aromatic heterocycles. The maximum absolute atomic E-state index is 13.0. The molecule has 0 bridgehead atoms. The average Bonchev–Trinajstić information content (AvgIpc) is 3.18. The summed E-state index contributed by atoms with van der Waals surface area (Å²) in [6, 6.07) is 10.0. The molecule has 2 N–H and O–H groups in total. The molecule has 2 heterocycles. The monoisotopic (exact) mass is 414 g/mol. The normalized spacial score (nSPS) is 15.6. The SMILES string of the molecule is Cl.NCCN(CCc1ccccc1)S(=O)(=O)c1cnn(C2CCOCC2)c1. The van der Waals surface area contributed by atoms with Gasteiger partial charge in [0.2, 0.25) is 10.0 Å². The summed E-state index contributed by atoms with van der Waals surface area (Å²) in [4.78, 5) is 0.227. The average molecular weight is 415 g/mol. The fourth-order valence-electron chi connectivity index (χ4n) is 3.15. The van der Waals surface area contributed by atoms with E-state index in [1.54, 1.807) is 10.9 Å². The number of rotatable bonds is 8. The van der Waals surface area contributed by atoms with Crippen LogP contribution >= 0.6 is 12.4 Å². The lowest BCUT2D eigenvalue weighted by molar-refractivity contribution is 0.0662. The van der Waals surface area contributed by atoms with Crippen molar-refractivity contribution in [3.63, 3.8) is 0 Å². The number of aromatic nitrogens is 2. The molecule has 0 spiro atoms. The van der Waals surface area contributed by atoms with Crippen molar-refractivity contribution < 1.29 is 13.2 Å². The van der Waals surface area contributed by atoms with Crippen molar-refractivity contribution in [2.75, 3.05) is 32.8 Å². The maximum atomic E-state index is 13.0. The second-order valence-corrected chi connectivity index (χ2v) is 8.37. The van der Waals surface area contributed by atoms with E-state index >= 15 is 0 Å². The summed E-state index contributed by atoms with van der Waals surface area (Å²) in [6.07, 6.45) is 5.42. The zero-order valence-corrected chi connectivity index (χ0v) is 16.9. The second-order valence-electron chi connectivity index (χ2n) is 6.43. The van der Waals surface area contributed by atoms with Crippen molar-refractivity contribution >= 4 is 22.4 Å². The topological polar surface area (TPSA) is 90.5 Å². The Labute approximate surface area is 167 Å². The van der Waals surface area contributed by atoms with Crippen molar-refractivity contribution in [2.45, 2.75) is 30.2 Å².